The lowest BCUT2D eigenvalue weighted by Gasteiger charge is -2.39. The maximum Gasteiger partial charge on any atom is 0.328 e. The number of hydrogen-bond donors (Lipinski definition) is 3. The molecule has 2 amide bonds. The summed E-state index contributed by atoms with van der Waals surface area (Å²) in [6.07, 6.45) is 6.83. The summed E-state index contributed by atoms with van der Waals surface area (Å²) >= 11 is 0. The first-order valence-electron chi connectivity index (χ1n) is 16.1. The molecule has 46 heavy (non-hydrogen) atoms. The third-order valence-corrected chi connectivity index (χ3v) is 8.75. The maximum absolute atomic E-state index is 13.0. The summed E-state index contributed by atoms with van der Waals surface area (Å²) in [5, 5.41) is 15.2. The Kier molecular flexibility index (Phi) is 12.0. The van der Waals surface area contributed by atoms with E-state index in [2.05, 4.69) is 22.1 Å². The van der Waals surface area contributed by atoms with Crippen LogP contribution >= 0.6 is 0 Å². The number of carbonyl (C=O) groups excluding carboxylic acids is 2. The number of hydrogen-bond acceptors (Lipinski definition) is 7. The predicted molar refractivity (Wildman–Crippen MR) is 177 cm³/mol. The minimum atomic E-state index is -0.849. The Hall–Kier alpha value is -4.02. The highest BCUT2D eigenvalue weighted by Crippen LogP contribution is 2.39. The monoisotopic (exact) mass is 627 g/mol. The highest BCUT2D eigenvalue weighted by atomic mass is 16.7. The van der Waals surface area contributed by atoms with Gasteiger partial charge in [-0.1, -0.05) is 85.6 Å². The van der Waals surface area contributed by atoms with Crippen LogP contribution in [0, 0.1) is 0 Å². The zero-order chi connectivity index (χ0) is 32.3. The average molecular weight is 628 g/mol. The Morgan fingerprint density at radius 3 is 2.46 bits per heavy atom. The van der Waals surface area contributed by atoms with Crippen molar-refractivity contribution in [1.29, 1.82) is 0 Å². The Labute approximate surface area is 271 Å². The lowest BCUT2D eigenvalue weighted by atomic mass is 9.99. The largest absolute Gasteiger partial charge is 0.467 e. The molecule has 3 aromatic rings. The number of benzene rings is 3. The van der Waals surface area contributed by atoms with Crippen molar-refractivity contribution in [3.63, 3.8) is 0 Å². The van der Waals surface area contributed by atoms with Crippen LogP contribution in [0.25, 0.3) is 0 Å². The van der Waals surface area contributed by atoms with E-state index in [9.17, 15) is 14.7 Å². The quantitative estimate of drug-likeness (QED) is 0.156. The number of anilines is 1. The number of methoxy groups -OCH3 is 1. The molecule has 1 saturated carbocycles. The fourth-order valence-electron chi connectivity index (χ4n) is 6.38. The highest BCUT2D eigenvalue weighted by molar-refractivity contribution is 5.92. The molecule has 1 heterocycles. The molecule has 0 radical (unpaired) electrons. The molecule has 2 aliphatic rings. The van der Waals surface area contributed by atoms with Crippen molar-refractivity contribution in [1.82, 2.24) is 10.2 Å². The summed E-state index contributed by atoms with van der Waals surface area (Å²) in [5.41, 5.74) is 4.08. The summed E-state index contributed by atoms with van der Waals surface area (Å²) in [5.74, 6) is -0.524. The number of nitrogens with one attached hydrogen (secondary N) is 2. The van der Waals surface area contributed by atoms with Crippen molar-refractivity contribution >= 4 is 17.7 Å². The molecule has 9 nitrogen and oxygen atoms in total. The molecule has 9 heteroatoms. The van der Waals surface area contributed by atoms with Crippen LogP contribution < -0.4 is 10.6 Å². The van der Waals surface area contributed by atoms with Crippen LogP contribution in [0.4, 0.5) is 10.5 Å². The van der Waals surface area contributed by atoms with Crippen molar-refractivity contribution in [3.8, 4) is 0 Å². The topological polar surface area (TPSA) is 109 Å². The van der Waals surface area contributed by atoms with Gasteiger partial charge < -0.3 is 30.0 Å². The van der Waals surface area contributed by atoms with Gasteiger partial charge in [-0.3, -0.25) is 4.90 Å². The van der Waals surface area contributed by atoms with Crippen LogP contribution in [-0.2, 0) is 32.0 Å². The van der Waals surface area contributed by atoms with Crippen LogP contribution in [0.15, 0.2) is 91.5 Å². The molecule has 4 unspecified atom stereocenters. The molecule has 2 fully saturated rings. The second-order valence-electron chi connectivity index (χ2n) is 12.0. The van der Waals surface area contributed by atoms with Gasteiger partial charge in [0.1, 0.15) is 6.04 Å². The van der Waals surface area contributed by atoms with E-state index in [1.54, 1.807) is 6.07 Å². The first-order valence-corrected chi connectivity index (χ1v) is 16.1. The lowest BCUT2D eigenvalue weighted by Crippen LogP contribution is -2.45. The molecular weight excluding hydrogens is 582 g/mol. The van der Waals surface area contributed by atoms with Gasteiger partial charge in [0.25, 0.3) is 0 Å². The number of rotatable bonds is 13. The fourth-order valence-corrected chi connectivity index (χ4v) is 6.38. The van der Waals surface area contributed by atoms with E-state index in [0.717, 1.165) is 35.3 Å². The van der Waals surface area contributed by atoms with Gasteiger partial charge in [0, 0.05) is 43.2 Å². The molecule has 0 aromatic heterocycles. The van der Waals surface area contributed by atoms with Gasteiger partial charge in [0.15, 0.2) is 6.29 Å². The Morgan fingerprint density at radius 2 is 1.76 bits per heavy atom. The number of amides is 2. The van der Waals surface area contributed by atoms with Crippen molar-refractivity contribution < 1.29 is 28.9 Å². The maximum atomic E-state index is 13.0. The minimum Gasteiger partial charge on any atom is -0.467 e. The number of ether oxygens (including phenoxy) is 3. The molecule has 244 valence electrons. The van der Waals surface area contributed by atoms with E-state index in [1.165, 1.54) is 32.8 Å². The Bertz CT molecular complexity index is 1430. The minimum absolute atomic E-state index is 0.0158. The van der Waals surface area contributed by atoms with E-state index < -0.39 is 24.3 Å². The zero-order valence-electron chi connectivity index (χ0n) is 26.5. The molecule has 3 N–H and O–H groups in total. The van der Waals surface area contributed by atoms with Crippen molar-refractivity contribution in [2.75, 3.05) is 25.5 Å². The number of urea groups is 1. The lowest BCUT2D eigenvalue weighted by molar-refractivity contribution is -0.253. The number of aliphatic hydroxyl groups excluding tert-OH is 1. The van der Waals surface area contributed by atoms with Gasteiger partial charge in [-0.05, 0) is 41.7 Å². The zero-order valence-corrected chi connectivity index (χ0v) is 26.5. The SMILES string of the molecule is C=CCN(CC1CC(c2ccc(CO)cc2)OC(c2cccc(NC(=O)NC(Cc3ccccc3)C(=O)OC)c2)O1)C1CCCC1. The molecule has 4 atom stereocenters. The van der Waals surface area contributed by atoms with Crippen LogP contribution in [0.3, 0.4) is 0 Å². The van der Waals surface area contributed by atoms with Crippen molar-refractivity contribution in [2.24, 2.45) is 0 Å². The number of nitrogens with zero attached hydrogens (tertiary/aromatic N) is 1. The van der Waals surface area contributed by atoms with Crippen LogP contribution in [0.5, 0.6) is 0 Å². The first-order chi connectivity index (χ1) is 22.4. The molecule has 0 bridgehead atoms. The van der Waals surface area contributed by atoms with Gasteiger partial charge in [-0.2, -0.15) is 0 Å². The molecular formula is C37H45N3O6. The summed E-state index contributed by atoms with van der Waals surface area (Å²) in [6, 6.07) is 23.8. The molecule has 0 spiro atoms. The van der Waals surface area contributed by atoms with E-state index in [0.29, 0.717) is 24.6 Å². The second kappa shape index (κ2) is 16.5. The number of carbonyl (C=O) groups is 2. The standard InChI is InChI=1S/C37H45N3O6/c1-3-20-40(31-14-7-8-15-31)24-32-23-34(28-18-16-27(25-41)17-19-28)46-36(45-32)29-12-9-13-30(22-29)38-37(43)39-33(35(42)44-2)21-26-10-5-4-6-11-26/h3-6,9-13,16-19,22,31-34,36,41H,1,7-8,14-15,20-21,23-25H2,2H3,(H2,38,39,43). The van der Waals surface area contributed by atoms with Crippen LogP contribution in [-0.4, -0.2) is 60.4 Å². The highest BCUT2D eigenvalue weighted by Gasteiger charge is 2.35. The molecule has 1 saturated heterocycles. The van der Waals surface area contributed by atoms with E-state index in [-0.39, 0.29) is 18.8 Å². The third-order valence-electron chi connectivity index (χ3n) is 8.75. The summed E-state index contributed by atoms with van der Waals surface area (Å²) in [6.45, 7) is 5.55. The number of aliphatic hydroxyl groups is 1. The van der Waals surface area contributed by atoms with Gasteiger partial charge in [0.05, 0.1) is 25.9 Å². The average Bonchev–Trinajstić information content (AvgIpc) is 3.63. The van der Waals surface area contributed by atoms with E-state index in [4.69, 9.17) is 14.2 Å². The van der Waals surface area contributed by atoms with Crippen molar-refractivity contribution in [3.05, 3.63) is 114 Å². The fraction of sp³-hybridized carbons (Fsp3) is 0.405. The summed E-state index contributed by atoms with van der Waals surface area (Å²) in [7, 11) is 1.31. The van der Waals surface area contributed by atoms with Crippen LogP contribution in [0.2, 0.25) is 0 Å². The Morgan fingerprint density at radius 1 is 1.00 bits per heavy atom. The van der Waals surface area contributed by atoms with E-state index >= 15 is 0 Å². The number of esters is 1. The van der Waals surface area contributed by atoms with Crippen molar-refractivity contribution in [2.45, 2.75) is 75.7 Å². The second-order valence-corrected chi connectivity index (χ2v) is 12.0. The molecule has 1 aliphatic heterocycles. The normalized spacial score (nSPS) is 20.6. The van der Waals surface area contributed by atoms with Gasteiger partial charge in [-0.25, -0.2) is 9.59 Å². The third kappa shape index (κ3) is 9.04. The summed E-state index contributed by atoms with van der Waals surface area (Å²) < 4.78 is 18.1. The van der Waals surface area contributed by atoms with Gasteiger partial charge in [-0.15, -0.1) is 6.58 Å². The van der Waals surface area contributed by atoms with Crippen LogP contribution in [0.1, 0.15) is 66.8 Å². The smallest absolute Gasteiger partial charge is 0.328 e. The predicted octanol–water partition coefficient (Wildman–Crippen LogP) is 6.06. The Balaban J connectivity index is 1.31. The summed E-state index contributed by atoms with van der Waals surface area (Å²) in [4.78, 5) is 28.0. The first kappa shape index (κ1) is 33.3. The van der Waals surface area contributed by atoms with E-state index in [1.807, 2.05) is 78.9 Å². The molecule has 1 aliphatic carbocycles. The van der Waals surface area contributed by atoms with Gasteiger partial charge in [0.2, 0.25) is 0 Å². The molecule has 5 rings (SSSR count). The molecule has 3 aromatic carbocycles. The van der Waals surface area contributed by atoms with Gasteiger partial charge >= 0.3 is 12.0 Å².